The molecular formula is C14H16ClN3O3S. The van der Waals surface area contributed by atoms with Gasteiger partial charge in [0.05, 0.1) is 15.6 Å². The number of halogens is 1. The van der Waals surface area contributed by atoms with E-state index in [0.29, 0.717) is 18.0 Å². The van der Waals surface area contributed by atoms with Gasteiger partial charge in [-0.1, -0.05) is 24.4 Å². The molecule has 22 heavy (non-hydrogen) atoms. The van der Waals surface area contributed by atoms with E-state index in [1.54, 1.807) is 0 Å². The smallest absolute Gasteiger partial charge is 0.271 e. The molecule has 0 heterocycles. The molecule has 6 nitrogen and oxygen atoms in total. The summed E-state index contributed by atoms with van der Waals surface area (Å²) >= 11 is 11.0. The van der Waals surface area contributed by atoms with Crippen LogP contribution in [0.4, 0.5) is 11.4 Å². The van der Waals surface area contributed by atoms with Crippen LogP contribution in [0.25, 0.3) is 0 Å². The Morgan fingerprint density at radius 1 is 1.41 bits per heavy atom. The Morgan fingerprint density at radius 3 is 2.68 bits per heavy atom. The zero-order valence-corrected chi connectivity index (χ0v) is 13.4. The van der Waals surface area contributed by atoms with Crippen molar-refractivity contribution in [2.45, 2.75) is 32.1 Å². The van der Waals surface area contributed by atoms with Gasteiger partial charge in [-0.25, -0.2) is 0 Å². The lowest BCUT2D eigenvalue weighted by atomic mass is 10.0. The van der Waals surface area contributed by atoms with E-state index in [1.165, 1.54) is 31.0 Å². The van der Waals surface area contributed by atoms with Crippen molar-refractivity contribution in [1.29, 1.82) is 0 Å². The molecule has 118 valence electrons. The number of nitrogens with zero attached hydrogens (tertiary/aromatic N) is 1. The summed E-state index contributed by atoms with van der Waals surface area (Å²) in [5.41, 5.74) is 0.310. The molecule has 1 amide bonds. The van der Waals surface area contributed by atoms with Crippen molar-refractivity contribution in [1.82, 2.24) is 5.32 Å². The highest BCUT2D eigenvalue weighted by Gasteiger charge is 2.19. The van der Waals surface area contributed by atoms with Crippen LogP contribution >= 0.6 is 23.8 Å². The van der Waals surface area contributed by atoms with Gasteiger partial charge in [-0.2, -0.15) is 0 Å². The second-order valence-electron chi connectivity index (χ2n) is 5.28. The van der Waals surface area contributed by atoms with Crippen LogP contribution in [0.5, 0.6) is 0 Å². The summed E-state index contributed by atoms with van der Waals surface area (Å²) in [6.07, 6.45) is 5.00. The van der Waals surface area contributed by atoms with E-state index < -0.39 is 4.92 Å². The molecule has 1 aliphatic carbocycles. The topological polar surface area (TPSA) is 84.3 Å². The molecular weight excluding hydrogens is 326 g/mol. The van der Waals surface area contributed by atoms with Gasteiger partial charge in [-0.05, 0) is 37.0 Å². The summed E-state index contributed by atoms with van der Waals surface area (Å²) in [6, 6.07) is 4.00. The molecule has 0 aromatic heterocycles. The number of nitrogens with one attached hydrogen (secondary N) is 2. The van der Waals surface area contributed by atoms with E-state index in [0.717, 1.165) is 12.8 Å². The zero-order chi connectivity index (χ0) is 16.1. The standard InChI is InChI=1S/C14H16ClN3O3S/c15-11-8-10(18(20)21)5-6-12(11)16-14(22)17-13(19)7-9-3-1-2-4-9/h5-6,8-9H,1-4,7H2,(H2,16,17,19,22). The van der Waals surface area contributed by atoms with Crippen molar-refractivity contribution < 1.29 is 9.72 Å². The van der Waals surface area contributed by atoms with E-state index in [9.17, 15) is 14.9 Å². The fraction of sp³-hybridized carbons (Fsp3) is 0.429. The number of non-ortho nitro benzene ring substituents is 1. The number of nitro benzene ring substituents is 1. The average molecular weight is 342 g/mol. The van der Waals surface area contributed by atoms with Gasteiger partial charge >= 0.3 is 0 Å². The summed E-state index contributed by atoms with van der Waals surface area (Å²) in [6.45, 7) is 0. The molecule has 1 aromatic carbocycles. The van der Waals surface area contributed by atoms with E-state index in [2.05, 4.69) is 10.6 Å². The zero-order valence-electron chi connectivity index (χ0n) is 11.8. The first kappa shape index (κ1) is 16.6. The van der Waals surface area contributed by atoms with Crippen molar-refractivity contribution in [3.05, 3.63) is 33.3 Å². The van der Waals surface area contributed by atoms with E-state index in [4.69, 9.17) is 23.8 Å². The lowest BCUT2D eigenvalue weighted by Gasteiger charge is -2.12. The first-order valence-corrected chi connectivity index (χ1v) is 7.79. The quantitative estimate of drug-likeness (QED) is 0.496. The summed E-state index contributed by atoms with van der Waals surface area (Å²) in [7, 11) is 0. The molecule has 0 atom stereocenters. The summed E-state index contributed by atoms with van der Waals surface area (Å²) < 4.78 is 0. The summed E-state index contributed by atoms with van der Waals surface area (Å²) in [5, 5.41) is 16.3. The molecule has 0 unspecified atom stereocenters. The fourth-order valence-electron chi connectivity index (χ4n) is 2.53. The van der Waals surface area contributed by atoms with Gasteiger partial charge in [0, 0.05) is 18.6 Å². The molecule has 1 fully saturated rings. The first-order valence-electron chi connectivity index (χ1n) is 7.00. The molecule has 8 heteroatoms. The number of benzene rings is 1. The largest absolute Gasteiger partial charge is 0.331 e. The van der Waals surface area contributed by atoms with Crippen molar-refractivity contribution in [3.63, 3.8) is 0 Å². The predicted octanol–water partition coefficient (Wildman–Crippen LogP) is 3.64. The molecule has 0 aliphatic heterocycles. The number of nitro groups is 1. The van der Waals surface area contributed by atoms with Crippen LogP contribution in [0, 0.1) is 16.0 Å². The summed E-state index contributed by atoms with van der Waals surface area (Å²) in [5.74, 6) is 0.313. The second kappa shape index (κ2) is 7.51. The molecule has 1 aromatic rings. The van der Waals surface area contributed by atoms with E-state index in [-0.39, 0.29) is 21.7 Å². The Bertz CT molecular complexity index is 603. The van der Waals surface area contributed by atoms with Crippen molar-refractivity contribution >= 4 is 46.2 Å². The van der Waals surface area contributed by atoms with Crippen molar-refractivity contribution in [2.24, 2.45) is 5.92 Å². The molecule has 2 rings (SSSR count). The maximum atomic E-state index is 11.9. The number of hydrogen-bond donors (Lipinski definition) is 2. The molecule has 0 spiro atoms. The maximum Gasteiger partial charge on any atom is 0.271 e. The SMILES string of the molecule is O=C(CC1CCCC1)NC(=S)Nc1ccc([N+](=O)[O-])cc1Cl. The predicted molar refractivity (Wildman–Crippen MR) is 89.0 cm³/mol. The van der Waals surface area contributed by atoms with Gasteiger partial charge in [-0.15, -0.1) is 0 Å². The van der Waals surface area contributed by atoms with Gasteiger partial charge in [-0.3, -0.25) is 14.9 Å². The van der Waals surface area contributed by atoms with Crippen LogP contribution in [0.3, 0.4) is 0 Å². The molecule has 1 aliphatic rings. The highest BCUT2D eigenvalue weighted by Crippen LogP contribution is 2.28. The minimum absolute atomic E-state index is 0.105. The minimum Gasteiger partial charge on any atom is -0.331 e. The molecule has 1 saturated carbocycles. The maximum absolute atomic E-state index is 11.9. The lowest BCUT2D eigenvalue weighted by molar-refractivity contribution is -0.384. The van der Waals surface area contributed by atoms with Crippen LogP contribution in [0.2, 0.25) is 5.02 Å². The van der Waals surface area contributed by atoms with Crippen LogP contribution in [-0.2, 0) is 4.79 Å². The highest BCUT2D eigenvalue weighted by atomic mass is 35.5. The highest BCUT2D eigenvalue weighted by molar-refractivity contribution is 7.80. The first-order chi connectivity index (χ1) is 10.5. The van der Waals surface area contributed by atoms with Gasteiger partial charge < -0.3 is 10.6 Å². The van der Waals surface area contributed by atoms with Gasteiger partial charge in [0.25, 0.3) is 5.69 Å². The van der Waals surface area contributed by atoms with Crippen LogP contribution in [0.15, 0.2) is 18.2 Å². The fourth-order valence-corrected chi connectivity index (χ4v) is 2.97. The lowest BCUT2D eigenvalue weighted by Crippen LogP contribution is -2.35. The Hall–Kier alpha value is -1.73. The van der Waals surface area contributed by atoms with Gasteiger partial charge in [0.2, 0.25) is 5.91 Å². The molecule has 2 N–H and O–H groups in total. The molecule has 0 saturated heterocycles. The third-order valence-electron chi connectivity index (χ3n) is 3.61. The monoisotopic (exact) mass is 341 g/mol. The third kappa shape index (κ3) is 4.64. The minimum atomic E-state index is -0.530. The molecule has 0 bridgehead atoms. The van der Waals surface area contributed by atoms with Crippen molar-refractivity contribution in [3.8, 4) is 0 Å². The number of amides is 1. The number of carbonyl (C=O) groups is 1. The van der Waals surface area contributed by atoms with E-state index in [1.807, 2.05) is 0 Å². The van der Waals surface area contributed by atoms with Crippen LogP contribution in [-0.4, -0.2) is 15.9 Å². The van der Waals surface area contributed by atoms with Crippen molar-refractivity contribution in [2.75, 3.05) is 5.32 Å². The number of thiocarbonyl (C=S) groups is 1. The number of anilines is 1. The number of hydrogen-bond acceptors (Lipinski definition) is 4. The Kier molecular flexibility index (Phi) is 5.68. The number of carbonyl (C=O) groups excluding carboxylic acids is 1. The Balaban J connectivity index is 1.88. The van der Waals surface area contributed by atoms with Crippen LogP contribution < -0.4 is 10.6 Å². The van der Waals surface area contributed by atoms with Gasteiger partial charge in [0.15, 0.2) is 5.11 Å². The van der Waals surface area contributed by atoms with E-state index >= 15 is 0 Å². The number of rotatable bonds is 4. The summed E-state index contributed by atoms with van der Waals surface area (Å²) in [4.78, 5) is 22.0. The average Bonchev–Trinajstić information content (AvgIpc) is 2.93. The third-order valence-corrected chi connectivity index (χ3v) is 4.13. The second-order valence-corrected chi connectivity index (χ2v) is 6.09. The van der Waals surface area contributed by atoms with Crippen LogP contribution in [0.1, 0.15) is 32.1 Å². The van der Waals surface area contributed by atoms with Gasteiger partial charge in [0.1, 0.15) is 0 Å². The Morgan fingerprint density at radius 2 is 2.09 bits per heavy atom. The normalized spacial score (nSPS) is 14.6. The Labute approximate surface area is 138 Å². The molecule has 0 radical (unpaired) electrons.